The second-order valence-corrected chi connectivity index (χ2v) is 7.30. The summed E-state index contributed by atoms with van der Waals surface area (Å²) in [5, 5.41) is 6.74. The first kappa shape index (κ1) is 15.5. The molecule has 20 heavy (non-hydrogen) atoms. The normalized spacial score (nSPS) is 11.4. The number of amides is 1. The van der Waals surface area contributed by atoms with Crippen LogP contribution in [-0.4, -0.2) is 25.5 Å². The van der Waals surface area contributed by atoms with Crippen molar-refractivity contribution >= 4 is 55.1 Å². The van der Waals surface area contributed by atoms with Gasteiger partial charge in [0.2, 0.25) is 0 Å². The van der Waals surface area contributed by atoms with Crippen molar-refractivity contribution in [1.29, 1.82) is 0 Å². The highest BCUT2D eigenvalue weighted by Crippen LogP contribution is 2.27. The summed E-state index contributed by atoms with van der Waals surface area (Å²) in [6, 6.07) is 0. The van der Waals surface area contributed by atoms with E-state index >= 15 is 0 Å². The van der Waals surface area contributed by atoms with Gasteiger partial charge in [0.25, 0.3) is 5.91 Å². The highest BCUT2D eigenvalue weighted by molar-refractivity contribution is 9.11. The van der Waals surface area contributed by atoms with E-state index in [9.17, 15) is 4.79 Å². The van der Waals surface area contributed by atoms with Crippen LogP contribution in [0.2, 0.25) is 0 Å². The number of carbonyl (C=O) groups is 1. The van der Waals surface area contributed by atoms with E-state index in [1.807, 2.05) is 20.8 Å². The molecule has 0 aliphatic heterocycles. The van der Waals surface area contributed by atoms with Crippen LogP contribution in [0.4, 0.5) is 5.82 Å². The van der Waals surface area contributed by atoms with E-state index in [1.54, 1.807) is 0 Å². The number of hydrogen-bond acceptors (Lipinski definition) is 6. The first-order valence-electron chi connectivity index (χ1n) is 5.61. The van der Waals surface area contributed by atoms with Crippen molar-refractivity contribution in [1.82, 2.24) is 19.6 Å². The van der Waals surface area contributed by atoms with Gasteiger partial charge in [0.1, 0.15) is 14.1 Å². The fraction of sp³-hybridized carbons (Fsp3) is 0.364. The lowest BCUT2D eigenvalue weighted by molar-refractivity contribution is 0.102. The van der Waals surface area contributed by atoms with Crippen LogP contribution in [0.3, 0.4) is 0 Å². The average molecular weight is 421 g/mol. The fourth-order valence-electron chi connectivity index (χ4n) is 1.43. The van der Waals surface area contributed by atoms with Crippen LogP contribution in [0.1, 0.15) is 36.1 Å². The monoisotopic (exact) mass is 419 g/mol. The van der Waals surface area contributed by atoms with E-state index in [2.05, 4.69) is 56.7 Å². The second kappa shape index (κ2) is 5.82. The molecule has 1 amide bonds. The van der Waals surface area contributed by atoms with Crippen molar-refractivity contribution < 1.29 is 4.79 Å². The smallest absolute Gasteiger partial charge is 0.270 e. The van der Waals surface area contributed by atoms with E-state index in [-0.39, 0.29) is 11.3 Å². The average Bonchev–Trinajstić information content (AvgIpc) is 2.81. The second-order valence-electron chi connectivity index (χ2n) is 4.99. The third-order valence-corrected chi connectivity index (χ3v) is 4.00. The molecule has 0 aliphatic rings. The zero-order valence-corrected chi connectivity index (χ0v) is 14.9. The maximum Gasteiger partial charge on any atom is 0.270 e. The van der Waals surface area contributed by atoms with Crippen LogP contribution in [-0.2, 0) is 5.41 Å². The Kier molecular flexibility index (Phi) is 4.50. The first-order chi connectivity index (χ1) is 9.29. The minimum absolute atomic E-state index is 0.248. The summed E-state index contributed by atoms with van der Waals surface area (Å²) in [6.45, 7) is 5.95. The molecule has 0 unspecified atom stereocenters. The minimum Gasteiger partial charge on any atom is -0.303 e. The molecule has 2 heterocycles. The molecule has 6 nitrogen and oxygen atoms in total. The highest BCUT2D eigenvalue weighted by atomic mass is 79.9. The lowest BCUT2D eigenvalue weighted by atomic mass is 9.91. The summed E-state index contributed by atoms with van der Waals surface area (Å²) >= 11 is 7.52. The Morgan fingerprint density at radius 3 is 2.65 bits per heavy atom. The molecule has 0 atom stereocenters. The fourth-order valence-corrected chi connectivity index (χ4v) is 3.11. The molecule has 106 valence electrons. The summed E-state index contributed by atoms with van der Waals surface area (Å²) in [4.78, 5) is 21.0. The van der Waals surface area contributed by atoms with E-state index in [4.69, 9.17) is 0 Å². The number of nitrogens with one attached hydrogen (secondary N) is 1. The topological polar surface area (TPSA) is 80.7 Å². The summed E-state index contributed by atoms with van der Waals surface area (Å²) in [5.41, 5.74) is 0.420. The molecule has 2 aromatic rings. The Labute approximate surface area is 136 Å². The van der Waals surface area contributed by atoms with Crippen LogP contribution >= 0.6 is 43.4 Å². The predicted octanol–water partition coefficient (Wildman–Crippen LogP) is 3.40. The molecular weight excluding hydrogens is 410 g/mol. The Balaban J connectivity index is 2.27. The van der Waals surface area contributed by atoms with Crippen LogP contribution in [0.25, 0.3) is 0 Å². The number of halogens is 2. The molecule has 0 bridgehead atoms. The van der Waals surface area contributed by atoms with Gasteiger partial charge in [-0.1, -0.05) is 25.3 Å². The van der Waals surface area contributed by atoms with E-state index in [0.29, 0.717) is 25.6 Å². The number of carbonyl (C=O) groups excluding carboxylic acids is 1. The molecule has 0 spiro atoms. The van der Waals surface area contributed by atoms with Gasteiger partial charge in [-0.25, -0.2) is 9.97 Å². The van der Waals surface area contributed by atoms with Crippen molar-refractivity contribution in [3.63, 3.8) is 0 Å². The number of hydrogen-bond donors (Lipinski definition) is 1. The van der Waals surface area contributed by atoms with Gasteiger partial charge in [-0.05, 0) is 43.4 Å². The standard InChI is InChI=1S/C11H11Br2N5OS/c1-11(2,3)7-6(20-18-17-7)10(19)16-9-8(13)15-5(12)4-14-9/h4H,1-3H3,(H,14,16,19). The first-order valence-corrected chi connectivity index (χ1v) is 7.97. The third kappa shape index (κ3) is 3.39. The molecular formula is C11H11Br2N5OS. The lowest BCUT2D eigenvalue weighted by Gasteiger charge is -2.16. The highest BCUT2D eigenvalue weighted by Gasteiger charge is 2.26. The van der Waals surface area contributed by atoms with Gasteiger partial charge in [0.15, 0.2) is 5.82 Å². The Hall–Kier alpha value is -0.930. The maximum absolute atomic E-state index is 12.3. The number of nitrogens with zero attached hydrogens (tertiary/aromatic N) is 4. The van der Waals surface area contributed by atoms with Crippen LogP contribution < -0.4 is 5.32 Å². The van der Waals surface area contributed by atoms with Gasteiger partial charge >= 0.3 is 0 Å². The number of aromatic nitrogens is 4. The van der Waals surface area contributed by atoms with Crippen molar-refractivity contribution in [2.24, 2.45) is 0 Å². The Bertz CT molecular complexity index is 653. The predicted molar refractivity (Wildman–Crippen MR) is 84.0 cm³/mol. The van der Waals surface area contributed by atoms with Crippen molar-refractivity contribution in [3.8, 4) is 0 Å². The molecule has 1 N–H and O–H groups in total. The van der Waals surface area contributed by atoms with E-state index in [0.717, 1.165) is 11.5 Å². The summed E-state index contributed by atoms with van der Waals surface area (Å²) in [7, 11) is 0. The molecule has 2 aromatic heterocycles. The number of anilines is 1. The van der Waals surface area contributed by atoms with Crippen molar-refractivity contribution in [2.45, 2.75) is 26.2 Å². The van der Waals surface area contributed by atoms with Crippen LogP contribution in [0.15, 0.2) is 15.4 Å². The Morgan fingerprint density at radius 1 is 1.35 bits per heavy atom. The zero-order valence-electron chi connectivity index (χ0n) is 10.9. The van der Waals surface area contributed by atoms with E-state index < -0.39 is 0 Å². The van der Waals surface area contributed by atoms with Gasteiger partial charge < -0.3 is 5.32 Å². The molecule has 2 rings (SSSR count). The molecule has 0 saturated carbocycles. The van der Waals surface area contributed by atoms with Crippen molar-refractivity contribution in [2.75, 3.05) is 5.32 Å². The van der Waals surface area contributed by atoms with Gasteiger partial charge in [-0.2, -0.15) is 0 Å². The third-order valence-electron chi connectivity index (χ3n) is 2.34. The van der Waals surface area contributed by atoms with Crippen LogP contribution in [0.5, 0.6) is 0 Å². The minimum atomic E-state index is -0.290. The SMILES string of the molecule is CC(C)(C)c1nnsc1C(=O)Nc1ncc(Br)nc1Br. The van der Waals surface area contributed by atoms with Crippen molar-refractivity contribution in [3.05, 3.63) is 26.0 Å². The summed E-state index contributed by atoms with van der Waals surface area (Å²) in [5.74, 6) is 0.0636. The quantitative estimate of drug-likeness (QED) is 0.804. The largest absolute Gasteiger partial charge is 0.303 e. The van der Waals surface area contributed by atoms with Gasteiger partial charge in [-0.15, -0.1) is 5.10 Å². The number of rotatable bonds is 2. The molecule has 9 heteroatoms. The summed E-state index contributed by atoms with van der Waals surface area (Å²) < 4.78 is 4.90. The Morgan fingerprint density at radius 2 is 2.05 bits per heavy atom. The molecule has 0 radical (unpaired) electrons. The van der Waals surface area contributed by atoms with Gasteiger partial charge in [0.05, 0.1) is 11.9 Å². The van der Waals surface area contributed by atoms with Gasteiger partial charge in [-0.3, -0.25) is 4.79 Å². The zero-order chi connectivity index (χ0) is 14.9. The lowest BCUT2D eigenvalue weighted by Crippen LogP contribution is -2.20. The molecule has 0 aromatic carbocycles. The molecule has 0 fully saturated rings. The molecule has 0 saturated heterocycles. The van der Waals surface area contributed by atoms with Gasteiger partial charge in [0, 0.05) is 5.41 Å². The maximum atomic E-state index is 12.3. The molecule has 0 aliphatic carbocycles. The summed E-state index contributed by atoms with van der Waals surface area (Å²) in [6.07, 6.45) is 1.51. The van der Waals surface area contributed by atoms with E-state index in [1.165, 1.54) is 6.20 Å². The van der Waals surface area contributed by atoms with Crippen LogP contribution in [0, 0.1) is 0 Å².